The highest BCUT2D eigenvalue weighted by Gasteiger charge is 2.23. The lowest BCUT2D eigenvalue weighted by Crippen LogP contribution is -2.39. The van der Waals surface area contributed by atoms with Gasteiger partial charge in [-0.05, 0) is 32.1 Å². The Kier molecular flexibility index (Phi) is 5.85. The van der Waals surface area contributed by atoms with E-state index in [0.29, 0.717) is 18.2 Å². The molecule has 3 rings (SSSR count). The first kappa shape index (κ1) is 18.4. The molecule has 0 radical (unpaired) electrons. The molecule has 0 atom stereocenters. The molecule has 140 valence electrons. The second-order valence-corrected chi connectivity index (χ2v) is 7.05. The zero-order chi connectivity index (χ0) is 18.5. The molecule has 3 heterocycles. The van der Waals surface area contributed by atoms with Crippen molar-refractivity contribution in [1.82, 2.24) is 24.8 Å². The van der Waals surface area contributed by atoms with Crippen molar-refractivity contribution in [3.8, 4) is 0 Å². The fourth-order valence-electron chi connectivity index (χ4n) is 3.45. The summed E-state index contributed by atoms with van der Waals surface area (Å²) in [7, 11) is 1.83. The maximum atomic E-state index is 12.2. The van der Waals surface area contributed by atoms with E-state index in [9.17, 15) is 4.79 Å². The molecule has 1 aliphatic rings. The predicted octanol–water partition coefficient (Wildman–Crippen LogP) is 2.12. The minimum absolute atomic E-state index is 0.0518. The molecular weight excluding hydrogens is 328 g/mol. The van der Waals surface area contributed by atoms with Gasteiger partial charge in [0, 0.05) is 38.4 Å². The Hall–Kier alpha value is -2.44. The molecule has 0 aromatic carbocycles. The van der Waals surface area contributed by atoms with Crippen molar-refractivity contribution in [3.05, 3.63) is 35.8 Å². The molecule has 1 amide bonds. The van der Waals surface area contributed by atoms with E-state index in [1.165, 1.54) is 5.56 Å². The average molecular weight is 356 g/mol. The molecule has 26 heavy (non-hydrogen) atoms. The van der Waals surface area contributed by atoms with Gasteiger partial charge in [0.2, 0.25) is 0 Å². The zero-order valence-electron chi connectivity index (χ0n) is 15.9. The van der Waals surface area contributed by atoms with Crippen LogP contribution in [0.5, 0.6) is 0 Å². The van der Waals surface area contributed by atoms with Crippen molar-refractivity contribution in [2.75, 3.05) is 24.5 Å². The smallest absolute Gasteiger partial charge is 0.269 e. The molecule has 0 aliphatic carbocycles. The van der Waals surface area contributed by atoms with Gasteiger partial charge in [0.05, 0.1) is 12.5 Å². The van der Waals surface area contributed by atoms with Crippen molar-refractivity contribution >= 4 is 11.7 Å². The van der Waals surface area contributed by atoms with Gasteiger partial charge in [-0.1, -0.05) is 13.3 Å². The van der Waals surface area contributed by atoms with E-state index in [0.717, 1.165) is 50.4 Å². The average Bonchev–Trinajstić information content (AvgIpc) is 3.08. The Morgan fingerprint density at radius 1 is 1.31 bits per heavy atom. The minimum Gasteiger partial charge on any atom is -0.356 e. The minimum atomic E-state index is -0.0518. The molecular formula is C19H28N6O. The maximum absolute atomic E-state index is 12.2. The summed E-state index contributed by atoms with van der Waals surface area (Å²) in [5, 5.41) is 3.05. The number of amides is 1. The molecule has 0 bridgehead atoms. The van der Waals surface area contributed by atoms with Gasteiger partial charge in [-0.3, -0.25) is 4.79 Å². The number of hydrogen-bond donors (Lipinski definition) is 1. The molecule has 0 spiro atoms. The first-order chi connectivity index (χ1) is 12.6. The van der Waals surface area contributed by atoms with Crippen LogP contribution in [0.15, 0.2) is 18.7 Å². The third kappa shape index (κ3) is 4.20. The van der Waals surface area contributed by atoms with Gasteiger partial charge in [-0.15, -0.1) is 0 Å². The van der Waals surface area contributed by atoms with Gasteiger partial charge in [0.25, 0.3) is 5.91 Å². The van der Waals surface area contributed by atoms with Gasteiger partial charge < -0.3 is 14.8 Å². The molecule has 7 heteroatoms. The molecule has 0 unspecified atom stereocenters. The Labute approximate surface area is 154 Å². The third-order valence-corrected chi connectivity index (χ3v) is 5.00. The Bertz CT molecular complexity index is 748. The van der Waals surface area contributed by atoms with Crippen LogP contribution in [0.4, 0.5) is 5.82 Å². The Morgan fingerprint density at radius 3 is 2.73 bits per heavy atom. The number of aromatic nitrogens is 4. The van der Waals surface area contributed by atoms with E-state index in [2.05, 4.69) is 27.1 Å². The number of piperidine rings is 1. The largest absolute Gasteiger partial charge is 0.356 e. The molecule has 1 saturated heterocycles. The summed E-state index contributed by atoms with van der Waals surface area (Å²) in [5.74, 6) is 2.37. The van der Waals surface area contributed by atoms with Crippen LogP contribution in [0.25, 0.3) is 0 Å². The quantitative estimate of drug-likeness (QED) is 0.858. The van der Waals surface area contributed by atoms with Crippen LogP contribution in [0, 0.1) is 12.8 Å². The summed E-state index contributed by atoms with van der Waals surface area (Å²) < 4.78 is 1.74. The highest BCUT2D eigenvalue weighted by Crippen LogP contribution is 2.25. The number of aryl methyl sites for hydroxylation is 3. The summed E-state index contributed by atoms with van der Waals surface area (Å²) in [6, 6.07) is 0. The number of carbonyl (C=O) groups is 1. The second kappa shape index (κ2) is 8.29. The van der Waals surface area contributed by atoms with Crippen LogP contribution >= 0.6 is 0 Å². The zero-order valence-corrected chi connectivity index (χ0v) is 15.9. The van der Waals surface area contributed by atoms with Crippen LogP contribution in [0.2, 0.25) is 0 Å². The van der Waals surface area contributed by atoms with Crippen molar-refractivity contribution in [2.24, 2.45) is 13.0 Å². The van der Waals surface area contributed by atoms with Gasteiger partial charge >= 0.3 is 0 Å². The van der Waals surface area contributed by atoms with Crippen LogP contribution < -0.4 is 10.2 Å². The summed E-state index contributed by atoms with van der Waals surface area (Å²) in [4.78, 5) is 27.6. The van der Waals surface area contributed by atoms with Gasteiger partial charge in [0.15, 0.2) is 0 Å². The highest BCUT2D eigenvalue weighted by atomic mass is 16.1. The van der Waals surface area contributed by atoms with Crippen molar-refractivity contribution in [1.29, 1.82) is 0 Å². The number of carbonyl (C=O) groups excluding carboxylic acids is 1. The van der Waals surface area contributed by atoms with E-state index in [1.807, 2.05) is 20.2 Å². The molecule has 1 aliphatic heterocycles. The predicted molar refractivity (Wildman–Crippen MR) is 101 cm³/mol. The van der Waals surface area contributed by atoms with Gasteiger partial charge in [-0.2, -0.15) is 0 Å². The summed E-state index contributed by atoms with van der Waals surface area (Å²) in [6.45, 7) is 6.78. The Balaban J connectivity index is 1.54. The highest BCUT2D eigenvalue weighted by molar-refractivity contribution is 5.92. The normalized spacial score (nSPS) is 15.3. The fraction of sp³-hybridized carbons (Fsp3) is 0.579. The Morgan fingerprint density at radius 2 is 2.08 bits per heavy atom. The van der Waals surface area contributed by atoms with E-state index in [-0.39, 0.29) is 5.91 Å². The van der Waals surface area contributed by atoms with E-state index in [1.54, 1.807) is 17.1 Å². The van der Waals surface area contributed by atoms with Gasteiger partial charge in [0.1, 0.15) is 17.3 Å². The monoisotopic (exact) mass is 356 g/mol. The molecule has 7 nitrogen and oxygen atoms in total. The standard InChI is InChI=1S/C19H28N6O/c1-4-5-16-11-21-14(2)23-18(16)25-8-6-15(7-9-25)10-22-19(26)17-12-20-13-24(17)3/h11-13,15H,4-10H2,1-3H3,(H,22,26). The maximum Gasteiger partial charge on any atom is 0.269 e. The second-order valence-electron chi connectivity index (χ2n) is 7.05. The summed E-state index contributed by atoms with van der Waals surface area (Å²) >= 11 is 0. The number of nitrogens with one attached hydrogen (secondary N) is 1. The topological polar surface area (TPSA) is 75.9 Å². The lowest BCUT2D eigenvalue weighted by molar-refractivity contribution is 0.0936. The molecule has 2 aromatic heterocycles. The molecule has 1 N–H and O–H groups in total. The third-order valence-electron chi connectivity index (χ3n) is 5.00. The first-order valence-corrected chi connectivity index (χ1v) is 9.40. The van der Waals surface area contributed by atoms with Crippen LogP contribution in [0.1, 0.15) is 48.1 Å². The molecule has 2 aromatic rings. The first-order valence-electron chi connectivity index (χ1n) is 9.40. The van der Waals surface area contributed by atoms with Crippen molar-refractivity contribution < 1.29 is 4.79 Å². The number of anilines is 1. The number of nitrogens with zero attached hydrogens (tertiary/aromatic N) is 5. The fourth-order valence-corrected chi connectivity index (χ4v) is 3.45. The molecule has 1 fully saturated rings. The summed E-state index contributed by atoms with van der Waals surface area (Å²) in [6.07, 6.45) is 9.43. The van der Waals surface area contributed by atoms with Crippen LogP contribution in [0.3, 0.4) is 0 Å². The lowest BCUT2D eigenvalue weighted by atomic mass is 9.96. The van der Waals surface area contributed by atoms with Crippen molar-refractivity contribution in [2.45, 2.75) is 39.5 Å². The van der Waals surface area contributed by atoms with Crippen LogP contribution in [-0.2, 0) is 13.5 Å². The number of imidazole rings is 1. The van der Waals surface area contributed by atoms with E-state index in [4.69, 9.17) is 4.98 Å². The van der Waals surface area contributed by atoms with E-state index < -0.39 is 0 Å². The lowest BCUT2D eigenvalue weighted by Gasteiger charge is -2.34. The molecule has 0 saturated carbocycles. The number of hydrogen-bond acceptors (Lipinski definition) is 5. The van der Waals surface area contributed by atoms with Crippen molar-refractivity contribution in [3.63, 3.8) is 0 Å². The number of rotatable bonds is 6. The van der Waals surface area contributed by atoms with E-state index >= 15 is 0 Å². The van der Waals surface area contributed by atoms with Gasteiger partial charge in [-0.25, -0.2) is 15.0 Å². The summed E-state index contributed by atoms with van der Waals surface area (Å²) in [5.41, 5.74) is 1.84. The SMILES string of the molecule is CCCc1cnc(C)nc1N1CCC(CNC(=O)c2cncn2C)CC1. The van der Waals surface area contributed by atoms with Crippen LogP contribution in [-0.4, -0.2) is 45.1 Å².